The molecule has 110 valence electrons. The lowest BCUT2D eigenvalue weighted by Crippen LogP contribution is -2.42. The number of aromatic nitrogens is 3. The van der Waals surface area contributed by atoms with E-state index in [1.807, 2.05) is 0 Å². The van der Waals surface area contributed by atoms with Crippen LogP contribution in [0.25, 0.3) is 10.9 Å². The molecule has 1 saturated heterocycles. The zero-order valence-corrected chi connectivity index (χ0v) is 12.5. The molecule has 0 saturated carbocycles. The normalized spacial score (nSPS) is 20.9. The third-order valence-corrected chi connectivity index (χ3v) is 4.40. The second-order valence-electron chi connectivity index (χ2n) is 5.22. The molecular formula is C13H11Cl2FN4O. The molecule has 0 spiro atoms. The van der Waals surface area contributed by atoms with Crippen molar-refractivity contribution < 1.29 is 9.13 Å². The average molecular weight is 329 g/mol. The summed E-state index contributed by atoms with van der Waals surface area (Å²) < 4.78 is 20.0. The Morgan fingerprint density at radius 2 is 2.05 bits per heavy atom. The average Bonchev–Trinajstić information content (AvgIpc) is 2.63. The lowest BCUT2D eigenvalue weighted by Gasteiger charge is -2.34. The van der Waals surface area contributed by atoms with Gasteiger partial charge in [0.15, 0.2) is 11.0 Å². The van der Waals surface area contributed by atoms with Crippen molar-refractivity contribution in [1.82, 2.24) is 15.0 Å². The van der Waals surface area contributed by atoms with Crippen molar-refractivity contribution in [2.45, 2.75) is 25.3 Å². The van der Waals surface area contributed by atoms with Crippen molar-refractivity contribution in [2.24, 2.45) is 0 Å². The van der Waals surface area contributed by atoms with E-state index < -0.39 is 5.82 Å². The van der Waals surface area contributed by atoms with E-state index in [2.05, 4.69) is 19.9 Å². The molecule has 4 heterocycles. The molecule has 5 nitrogen and oxygen atoms in total. The van der Waals surface area contributed by atoms with Crippen LogP contribution in [0.15, 0.2) is 0 Å². The second-order valence-corrected chi connectivity index (χ2v) is 5.91. The quantitative estimate of drug-likeness (QED) is 0.549. The lowest BCUT2D eigenvalue weighted by molar-refractivity contribution is 0.259. The minimum atomic E-state index is -0.694. The van der Waals surface area contributed by atoms with Crippen LogP contribution in [-0.2, 0) is 0 Å². The maximum Gasteiger partial charge on any atom is 0.228 e. The Kier molecular flexibility index (Phi) is 3.04. The van der Waals surface area contributed by atoms with Gasteiger partial charge in [0.1, 0.15) is 23.3 Å². The minimum Gasteiger partial charge on any atom is -0.475 e. The molecule has 21 heavy (non-hydrogen) atoms. The molecule has 0 amide bonds. The van der Waals surface area contributed by atoms with Gasteiger partial charge in [0, 0.05) is 6.54 Å². The topological polar surface area (TPSA) is 51.1 Å². The molecule has 0 aliphatic carbocycles. The van der Waals surface area contributed by atoms with Gasteiger partial charge in [0.2, 0.25) is 11.2 Å². The van der Waals surface area contributed by atoms with E-state index in [0.29, 0.717) is 17.8 Å². The molecule has 4 rings (SSSR count). The summed E-state index contributed by atoms with van der Waals surface area (Å²) in [5, 5.41) is 0.180. The van der Waals surface area contributed by atoms with Gasteiger partial charge >= 0.3 is 0 Å². The Labute approximate surface area is 130 Å². The maximum atomic E-state index is 14.2. The fourth-order valence-corrected chi connectivity index (χ4v) is 3.34. The predicted octanol–water partition coefficient (Wildman–Crippen LogP) is 3.22. The number of anilines is 1. The second kappa shape index (κ2) is 4.81. The molecular weight excluding hydrogens is 318 g/mol. The number of hydrogen-bond acceptors (Lipinski definition) is 5. The van der Waals surface area contributed by atoms with Gasteiger partial charge in [-0.1, -0.05) is 11.6 Å². The largest absolute Gasteiger partial charge is 0.475 e. The zero-order valence-electron chi connectivity index (χ0n) is 10.9. The Morgan fingerprint density at radius 1 is 1.19 bits per heavy atom. The van der Waals surface area contributed by atoms with Crippen LogP contribution >= 0.6 is 23.2 Å². The molecule has 1 atom stereocenters. The molecule has 2 aromatic rings. The predicted molar refractivity (Wildman–Crippen MR) is 77.8 cm³/mol. The Bertz CT molecular complexity index is 742. The van der Waals surface area contributed by atoms with Crippen molar-refractivity contribution in [1.29, 1.82) is 0 Å². The molecule has 2 aliphatic heterocycles. The molecule has 0 radical (unpaired) electrons. The molecule has 1 fully saturated rings. The van der Waals surface area contributed by atoms with Crippen LogP contribution < -0.4 is 9.64 Å². The van der Waals surface area contributed by atoms with Crippen LogP contribution in [0, 0.1) is 5.82 Å². The molecule has 2 aromatic heterocycles. The van der Waals surface area contributed by atoms with Gasteiger partial charge in [0.05, 0.1) is 6.04 Å². The summed E-state index contributed by atoms with van der Waals surface area (Å²) in [6.07, 6.45) is 3.18. The minimum absolute atomic E-state index is 0.00385. The van der Waals surface area contributed by atoms with Gasteiger partial charge in [-0.15, -0.1) is 0 Å². The van der Waals surface area contributed by atoms with E-state index in [1.54, 1.807) is 0 Å². The molecule has 0 N–H and O–H groups in total. The van der Waals surface area contributed by atoms with Gasteiger partial charge < -0.3 is 9.64 Å². The van der Waals surface area contributed by atoms with Crippen molar-refractivity contribution in [2.75, 3.05) is 18.1 Å². The van der Waals surface area contributed by atoms with Crippen molar-refractivity contribution in [3.8, 4) is 5.88 Å². The number of fused-ring (bicyclic) bond motifs is 2. The van der Waals surface area contributed by atoms with E-state index in [4.69, 9.17) is 27.9 Å². The van der Waals surface area contributed by atoms with Gasteiger partial charge in [-0.3, -0.25) is 0 Å². The molecule has 0 aromatic carbocycles. The van der Waals surface area contributed by atoms with Crippen LogP contribution in [-0.4, -0.2) is 34.1 Å². The number of piperidine rings is 1. The van der Waals surface area contributed by atoms with Gasteiger partial charge in [-0.25, -0.2) is 9.37 Å². The summed E-state index contributed by atoms with van der Waals surface area (Å²) in [7, 11) is 0. The zero-order chi connectivity index (χ0) is 14.6. The first-order chi connectivity index (χ1) is 10.1. The van der Waals surface area contributed by atoms with Gasteiger partial charge in [0.25, 0.3) is 0 Å². The Hall–Kier alpha value is -1.40. The van der Waals surface area contributed by atoms with E-state index in [-0.39, 0.29) is 27.9 Å². The molecule has 0 unspecified atom stereocenters. The van der Waals surface area contributed by atoms with Crippen molar-refractivity contribution in [3.63, 3.8) is 0 Å². The highest BCUT2D eigenvalue weighted by Crippen LogP contribution is 2.40. The number of ether oxygens (including phenoxy) is 1. The molecule has 2 aliphatic rings. The van der Waals surface area contributed by atoms with E-state index in [0.717, 1.165) is 25.8 Å². The van der Waals surface area contributed by atoms with Crippen LogP contribution in [0.5, 0.6) is 5.88 Å². The van der Waals surface area contributed by atoms with E-state index in [1.165, 1.54) is 0 Å². The number of nitrogens with zero attached hydrogens (tertiary/aromatic N) is 4. The fraction of sp³-hybridized carbons (Fsp3) is 0.462. The van der Waals surface area contributed by atoms with Crippen molar-refractivity contribution >= 4 is 39.9 Å². The SMILES string of the molecule is Fc1c(Cl)nc2c3c(nc(Cl)nc13)N1CCCC[C@H]1CO2. The number of hydrogen-bond donors (Lipinski definition) is 0. The number of rotatable bonds is 0. The van der Waals surface area contributed by atoms with Crippen LogP contribution in [0.3, 0.4) is 0 Å². The fourth-order valence-electron chi connectivity index (χ4n) is 3.01. The third kappa shape index (κ3) is 2.00. The first kappa shape index (κ1) is 13.3. The van der Waals surface area contributed by atoms with Crippen LogP contribution in [0.1, 0.15) is 19.3 Å². The first-order valence-electron chi connectivity index (χ1n) is 6.77. The first-order valence-corrected chi connectivity index (χ1v) is 7.52. The number of halogens is 3. The van der Waals surface area contributed by atoms with E-state index in [9.17, 15) is 4.39 Å². The lowest BCUT2D eigenvalue weighted by atomic mass is 10.0. The van der Waals surface area contributed by atoms with Gasteiger partial charge in [-0.05, 0) is 30.9 Å². The van der Waals surface area contributed by atoms with Crippen molar-refractivity contribution in [3.05, 3.63) is 16.3 Å². The van der Waals surface area contributed by atoms with Crippen LogP contribution in [0.4, 0.5) is 10.2 Å². The highest BCUT2D eigenvalue weighted by molar-refractivity contribution is 6.31. The highest BCUT2D eigenvalue weighted by atomic mass is 35.5. The summed E-state index contributed by atoms with van der Waals surface area (Å²) in [6, 6.07) is 0.184. The standard InChI is InChI=1S/C13H11Cl2FN4O/c14-10-8(16)9-7-11(19-13(15)17-9)20-4-2-1-3-6(20)5-21-12(7)18-10/h6H,1-5H2/t6-/m0/s1. The Morgan fingerprint density at radius 3 is 2.90 bits per heavy atom. The maximum absolute atomic E-state index is 14.2. The summed E-state index contributed by atoms with van der Waals surface area (Å²) >= 11 is 11.8. The van der Waals surface area contributed by atoms with Gasteiger partial charge in [-0.2, -0.15) is 9.97 Å². The third-order valence-electron chi connectivity index (χ3n) is 3.98. The highest BCUT2D eigenvalue weighted by Gasteiger charge is 2.32. The summed E-state index contributed by atoms with van der Waals surface area (Å²) in [6.45, 7) is 1.30. The van der Waals surface area contributed by atoms with E-state index >= 15 is 0 Å². The monoisotopic (exact) mass is 328 g/mol. The number of pyridine rings is 1. The molecule has 8 heteroatoms. The summed E-state index contributed by atoms with van der Waals surface area (Å²) in [4.78, 5) is 14.4. The Balaban J connectivity index is 2.06. The van der Waals surface area contributed by atoms with Crippen LogP contribution in [0.2, 0.25) is 10.4 Å². The summed E-state index contributed by atoms with van der Waals surface area (Å²) in [5.74, 6) is 0.169. The molecule has 0 bridgehead atoms. The summed E-state index contributed by atoms with van der Waals surface area (Å²) in [5.41, 5.74) is 0.0613. The smallest absolute Gasteiger partial charge is 0.228 e.